The summed E-state index contributed by atoms with van der Waals surface area (Å²) in [5.41, 5.74) is 3.46. The van der Waals surface area contributed by atoms with Crippen molar-refractivity contribution in [1.82, 2.24) is 20.4 Å². The molecule has 2 amide bonds. The summed E-state index contributed by atoms with van der Waals surface area (Å²) in [6, 6.07) is 13.9. The second-order valence-electron chi connectivity index (χ2n) is 7.74. The molecule has 0 saturated heterocycles. The molecule has 0 saturated carbocycles. The zero-order chi connectivity index (χ0) is 24.9. The maximum atomic E-state index is 12.9. The van der Waals surface area contributed by atoms with E-state index in [4.69, 9.17) is 19.3 Å². The number of carbonyl (C=O) groups is 2. The molecule has 180 valence electrons. The molecule has 9 nitrogen and oxygen atoms in total. The number of hydrogen-bond donors (Lipinski definition) is 2. The van der Waals surface area contributed by atoms with Crippen LogP contribution in [0.4, 0.5) is 4.79 Å². The molecule has 2 aromatic carbocycles. The van der Waals surface area contributed by atoms with Crippen LogP contribution < -0.4 is 20.1 Å². The molecular formula is C26H26N4O5. The predicted molar refractivity (Wildman–Crippen MR) is 130 cm³/mol. The third-order valence-corrected chi connectivity index (χ3v) is 5.55. The van der Waals surface area contributed by atoms with Crippen molar-refractivity contribution in [3.05, 3.63) is 84.2 Å². The lowest BCUT2D eigenvalue weighted by Gasteiger charge is -2.29. The Bertz CT molecular complexity index is 1300. The molecule has 3 aromatic rings. The summed E-state index contributed by atoms with van der Waals surface area (Å²) >= 11 is 0. The number of rotatable bonds is 8. The largest absolute Gasteiger partial charge is 0.493 e. The summed E-state index contributed by atoms with van der Waals surface area (Å²) < 4.78 is 18.3. The van der Waals surface area contributed by atoms with Gasteiger partial charge in [-0.3, -0.25) is 0 Å². The number of para-hydroxylation sites is 1. The molecule has 1 aliphatic rings. The van der Waals surface area contributed by atoms with Crippen molar-refractivity contribution in [3.8, 4) is 28.4 Å². The fourth-order valence-electron chi connectivity index (χ4n) is 3.97. The lowest BCUT2D eigenvalue weighted by molar-refractivity contribution is -0.138. The van der Waals surface area contributed by atoms with Crippen molar-refractivity contribution >= 4 is 12.0 Å². The first-order valence-corrected chi connectivity index (χ1v) is 10.9. The first-order chi connectivity index (χ1) is 17.0. The molecule has 2 N–H and O–H groups in total. The van der Waals surface area contributed by atoms with Crippen molar-refractivity contribution < 1.29 is 23.8 Å². The van der Waals surface area contributed by atoms with Gasteiger partial charge in [0.2, 0.25) is 0 Å². The van der Waals surface area contributed by atoms with Crippen LogP contribution in [0, 0.1) is 0 Å². The summed E-state index contributed by atoms with van der Waals surface area (Å²) in [7, 11) is 3.02. The van der Waals surface area contributed by atoms with Gasteiger partial charge in [-0.05, 0) is 37.3 Å². The van der Waals surface area contributed by atoms with Gasteiger partial charge in [0.1, 0.15) is 6.61 Å². The zero-order valence-corrected chi connectivity index (χ0v) is 19.7. The van der Waals surface area contributed by atoms with Gasteiger partial charge in [-0.1, -0.05) is 30.9 Å². The topological polar surface area (TPSA) is 104 Å². The van der Waals surface area contributed by atoms with Gasteiger partial charge in [0.15, 0.2) is 11.5 Å². The third-order valence-electron chi connectivity index (χ3n) is 5.55. The minimum Gasteiger partial charge on any atom is -0.493 e. The molecule has 1 atom stereocenters. The van der Waals surface area contributed by atoms with Gasteiger partial charge in [0.25, 0.3) is 0 Å². The smallest absolute Gasteiger partial charge is 0.338 e. The molecule has 1 aliphatic heterocycles. The number of carbonyl (C=O) groups excluding carboxylic acids is 2. The summed E-state index contributed by atoms with van der Waals surface area (Å²) in [6.45, 7) is 5.26. The molecular weight excluding hydrogens is 448 g/mol. The number of benzene rings is 2. The molecule has 0 unspecified atom stereocenters. The van der Waals surface area contributed by atoms with Crippen molar-refractivity contribution in [1.29, 1.82) is 0 Å². The zero-order valence-electron chi connectivity index (χ0n) is 19.7. The van der Waals surface area contributed by atoms with Crippen molar-refractivity contribution in [2.24, 2.45) is 0 Å². The van der Waals surface area contributed by atoms with Crippen molar-refractivity contribution in [2.45, 2.75) is 13.0 Å². The van der Waals surface area contributed by atoms with E-state index in [1.54, 1.807) is 17.7 Å². The van der Waals surface area contributed by atoms with E-state index in [1.165, 1.54) is 20.3 Å². The van der Waals surface area contributed by atoms with E-state index < -0.39 is 18.0 Å². The van der Waals surface area contributed by atoms with Crippen LogP contribution in [-0.4, -0.2) is 42.6 Å². The lowest BCUT2D eigenvalue weighted by atomic mass is 9.92. The lowest BCUT2D eigenvalue weighted by Crippen LogP contribution is -2.45. The predicted octanol–water partition coefficient (Wildman–Crippen LogP) is 3.91. The van der Waals surface area contributed by atoms with Gasteiger partial charge in [0, 0.05) is 23.0 Å². The number of urea groups is 1. The van der Waals surface area contributed by atoms with Gasteiger partial charge < -0.3 is 24.8 Å². The highest BCUT2D eigenvalue weighted by Crippen LogP contribution is 2.42. The minimum absolute atomic E-state index is 0.0354. The molecule has 2 heterocycles. The van der Waals surface area contributed by atoms with Crippen LogP contribution in [0.2, 0.25) is 0 Å². The number of nitrogens with one attached hydrogen (secondary N) is 2. The Labute approximate surface area is 203 Å². The number of nitrogens with zero attached hydrogens (tertiary/aromatic N) is 2. The number of aromatic nitrogens is 2. The SMILES string of the molecule is C=CCOC(=O)C1=C(C)NC(=O)N[C@@H]1c1cc(-c2ccn(-c3ccccc3)n2)cc(OC)c1OC. The van der Waals surface area contributed by atoms with Gasteiger partial charge in [-0.2, -0.15) is 5.10 Å². The Morgan fingerprint density at radius 1 is 1.17 bits per heavy atom. The third kappa shape index (κ3) is 4.74. The van der Waals surface area contributed by atoms with E-state index in [1.807, 2.05) is 48.7 Å². The normalized spacial score (nSPS) is 15.2. The number of esters is 1. The van der Waals surface area contributed by atoms with Crippen LogP contribution in [-0.2, 0) is 9.53 Å². The summed E-state index contributed by atoms with van der Waals surface area (Å²) in [5, 5.41) is 10.1. The Kier molecular flexibility index (Phi) is 6.86. The molecule has 0 radical (unpaired) electrons. The van der Waals surface area contributed by atoms with Crippen LogP contribution in [0.15, 0.2) is 78.7 Å². The standard InChI is InChI=1S/C26H26N4O5/c1-5-13-35-25(31)22-16(2)27-26(32)28-23(22)19-14-17(15-21(33-3)24(19)34-4)20-11-12-30(29-20)18-9-7-6-8-10-18/h5-12,14-15,23H,1,13H2,2-4H3,(H2,27,28,32)/t23-/m1/s1. The first kappa shape index (κ1) is 23.6. The van der Waals surface area contributed by atoms with Crippen LogP contribution in [0.3, 0.4) is 0 Å². The number of methoxy groups -OCH3 is 2. The van der Waals surface area contributed by atoms with Gasteiger partial charge in [-0.15, -0.1) is 0 Å². The second kappa shape index (κ2) is 10.2. The monoisotopic (exact) mass is 474 g/mol. The molecule has 0 bridgehead atoms. The van der Waals surface area contributed by atoms with Gasteiger partial charge in [0.05, 0.1) is 37.2 Å². The maximum absolute atomic E-state index is 12.9. The highest BCUT2D eigenvalue weighted by atomic mass is 16.5. The van der Waals surface area contributed by atoms with Crippen molar-refractivity contribution in [3.63, 3.8) is 0 Å². The van der Waals surface area contributed by atoms with E-state index >= 15 is 0 Å². The number of amides is 2. The number of allylic oxidation sites excluding steroid dienone is 1. The Hall–Kier alpha value is -4.53. The average Bonchev–Trinajstić information content (AvgIpc) is 3.37. The fraction of sp³-hybridized carbons (Fsp3) is 0.192. The maximum Gasteiger partial charge on any atom is 0.338 e. The van der Waals surface area contributed by atoms with Gasteiger partial charge >= 0.3 is 12.0 Å². The fourth-order valence-corrected chi connectivity index (χ4v) is 3.97. The molecule has 0 aliphatic carbocycles. The molecule has 9 heteroatoms. The quantitative estimate of drug-likeness (QED) is 0.379. The first-order valence-electron chi connectivity index (χ1n) is 10.9. The van der Waals surface area contributed by atoms with E-state index in [0.717, 1.165) is 11.3 Å². The summed E-state index contributed by atoms with van der Waals surface area (Å²) in [6.07, 6.45) is 3.33. The van der Waals surface area contributed by atoms with E-state index in [0.29, 0.717) is 28.5 Å². The van der Waals surface area contributed by atoms with E-state index in [9.17, 15) is 9.59 Å². The van der Waals surface area contributed by atoms with E-state index in [-0.39, 0.29) is 12.2 Å². The number of hydrogen-bond acceptors (Lipinski definition) is 6. The van der Waals surface area contributed by atoms with E-state index in [2.05, 4.69) is 17.2 Å². The molecule has 1 aromatic heterocycles. The molecule has 0 fully saturated rings. The van der Waals surface area contributed by atoms with Crippen LogP contribution in [0.1, 0.15) is 18.5 Å². The van der Waals surface area contributed by atoms with Gasteiger partial charge in [-0.25, -0.2) is 14.3 Å². The van der Waals surface area contributed by atoms with Crippen molar-refractivity contribution in [2.75, 3.05) is 20.8 Å². The highest BCUT2D eigenvalue weighted by molar-refractivity contribution is 5.95. The van der Waals surface area contributed by atoms with Crippen LogP contribution in [0.5, 0.6) is 11.5 Å². The summed E-state index contributed by atoms with van der Waals surface area (Å²) in [4.78, 5) is 25.3. The average molecular weight is 475 g/mol. The van der Waals surface area contributed by atoms with Crippen LogP contribution in [0.25, 0.3) is 16.9 Å². The number of ether oxygens (including phenoxy) is 3. The molecule has 0 spiro atoms. The Morgan fingerprint density at radius 3 is 2.63 bits per heavy atom. The highest BCUT2D eigenvalue weighted by Gasteiger charge is 2.35. The minimum atomic E-state index is -0.846. The molecule has 35 heavy (non-hydrogen) atoms. The Morgan fingerprint density at radius 2 is 1.94 bits per heavy atom. The second-order valence-corrected chi connectivity index (χ2v) is 7.74. The van der Waals surface area contributed by atoms with Crippen LogP contribution >= 0.6 is 0 Å². The summed E-state index contributed by atoms with van der Waals surface area (Å²) in [5.74, 6) is 0.228. The molecule has 4 rings (SSSR count). The Balaban J connectivity index is 1.84.